The summed E-state index contributed by atoms with van der Waals surface area (Å²) >= 11 is 12.3. The molecule has 2 aromatic carbocycles. The summed E-state index contributed by atoms with van der Waals surface area (Å²) in [6.07, 6.45) is 1.53. The van der Waals surface area contributed by atoms with Crippen molar-refractivity contribution in [2.45, 2.75) is 0 Å². The van der Waals surface area contributed by atoms with Gasteiger partial charge in [0, 0.05) is 23.8 Å². The fourth-order valence-corrected chi connectivity index (χ4v) is 4.45. The summed E-state index contributed by atoms with van der Waals surface area (Å²) < 4.78 is 6.04. The molecule has 8 nitrogen and oxygen atoms in total. The number of non-ortho nitro benzene ring substituents is 1. The van der Waals surface area contributed by atoms with Gasteiger partial charge in [-0.05, 0) is 42.5 Å². The SMILES string of the molecule is O=C(O)c1cc(-c2ccc(/C=C3\SC(=S)N(c4ccc([N+](=O)[O-])cc4)C3=O)o2)ccc1Cl. The third-order valence-corrected chi connectivity index (χ3v) is 6.13. The molecular weight excluding hydrogens is 476 g/mol. The number of amides is 1. The van der Waals surface area contributed by atoms with Gasteiger partial charge in [0.1, 0.15) is 11.5 Å². The molecule has 11 heteroatoms. The van der Waals surface area contributed by atoms with Crippen LogP contribution in [0.15, 0.2) is 63.9 Å². The smallest absolute Gasteiger partial charge is 0.337 e. The van der Waals surface area contributed by atoms with Crippen molar-refractivity contribution in [2.24, 2.45) is 0 Å². The van der Waals surface area contributed by atoms with Crippen LogP contribution in [0.4, 0.5) is 11.4 Å². The first kappa shape index (κ1) is 21.8. The summed E-state index contributed by atoms with van der Waals surface area (Å²) in [5.41, 5.74) is 0.797. The van der Waals surface area contributed by atoms with E-state index in [-0.39, 0.29) is 26.5 Å². The molecule has 1 aliphatic heterocycles. The van der Waals surface area contributed by atoms with Crippen molar-refractivity contribution in [3.05, 3.63) is 86.0 Å². The van der Waals surface area contributed by atoms with Crippen molar-refractivity contribution >= 4 is 69.2 Å². The lowest BCUT2D eigenvalue weighted by atomic mass is 10.1. The number of hydrogen-bond donors (Lipinski definition) is 1. The fourth-order valence-electron chi connectivity index (χ4n) is 2.97. The van der Waals surface area contributed by atoms with Gasteiger partial charge in [0.15, 0.2) is 4.32 Å². The van der Waals surface area contributed by atoms with E-state index in [1.807, 2.05) is 0 Å². The average molecular weight is 487 g/mol. The van der Waals surface area contributed by atoms with Gasteiger partial charge in [0.2, 0.25) is 0 Å². The van der Waals surface area contributed by atoms with Gasteiger partial charge in [-0.1, -0.05) is 35.6 Å². The number of nitrogens with zero attached hydrogens (tertiary/aromatic N) is 2. The van der Waals surface area contributed by atoms with Crippen molar-refractivity contribution in [1.82, 2.24) is 0 Å². The van der Waals surface area contributed by atoms with Crippen LogP contribution in [0, 0.1) is 10.1 Å². The lowest BCUT2D eigenvalue weighted by Gasteiger charge is -2.13. The summed E-state index contributed by atoms with van der Waals surface area (Å²) in [4.78, 5) is 36.1. The number of furan rings is 1. The van der Waals surface area contributed by atoms with Crippen LogP contribution in [0.5, 0.6) is 0 Å². The van der Waals surface area contributed by atoms with Gasteiger partial charge in [0.25, 0.3) is 11.6 Å². The van der Waals surface area contributed by atoms with Gasteiger partial charge in [0.05, 0.1) is 26.1 Å². The molecule has 0 atom stereocenters. The molecule has 0 aliphatic carbocycles. The third-order valence-electron chi connectivity index (χ3n) is 4.49. The predicted molar refractivity (Wildman–Crippen MR) is 125 cm³/mol. The lowest BCUT2D eigenvalue weighted by Crippen LogP contribution is -2.27. The maximum Gasteiger partial charge on any atom is 0.337 e. The van der Waals surface area contributed by atoms with Gasteiger partial charge < -0.3 is 9.52 Å². The summed E-state index contributed by atoms with van der Waals surface area (Å²) in [6, 6.07) is 13.3. The zero-order chi connectivity index (χ0) is 23.0. The minimum Gasteiger partial charge on any atom is -0.478 e. The molecule has 0 bridgehead atoms. The number of carbonyl (C=O) groups is 2. The second kappa shape index (κ2) is 8.58. The van der Waals surface area contributed by atoms with Crippen LogP contribution in [-0.4, -0.2) is 26.2 Å². The number of halogens is 1. The van der Waals surface area contributed by atoms with E-state index in [1.54, 1.807) is 18.2 Å². The molecule has 1 saturated heterocycles. The number of benzene rings is 2. The second-order valence-electron chi connectivity index (χ2n) is 6.49. The summed E-state index contributed by atoms with van der Waals surface area (Å²) in [5, 5.41) is 20.2. The molecule has 0 saturated carbocycles. The van der Waals surface area contributed by atoms with Gasteiger partial charge in [-0.25, -0.2) is 4.79 Å². The largest absolute Gasteiger partial charge is 0.478 e. The first-order chi connectivity index (χ1) is 15.2. The quantitative estimate of drug-likeness (QED) is 0.214. The lowest BCUT2D eigenvalue weighted by molar-refractivity contribution is -0.384. The molecule has 3 aromatic rings. The number of thiocarbonyl (C=S) groups is 1. The summed E-state index contributed by atoms with van der Waals surface area (Å²) in [5.74, 6) is -0.762. The number of nitro groups is 1. The van der Waals surface area contributed by atoms with Crippen LogP contribution < -0.4 is 4.90 Å². The molecule has 1 amide bonds. The second-order valence-corrected chi connectivity index (χ2v) is 8.58. The van der Waals surface area contributed by atoms with Crippen molar-refractivity contribution in [1.29, 1.82) is 0 Å². The van der Waals surface area contributed by atoms with Crippen molar-refractivity contribution in [3.8, 4) is 11.3 Å². The number of carboxylic acids is 1. The fraction of sp³-hybridized carbons (Fsp3) is 0. The van der Waals surface area contributed by atoms with E-state index in [9.17, 15) is 24.8 Å². The molecule has 0 spiro atoms. The number of carbonyl (C=O) groups excluding carboxylic acids is 1. The van der Waals surface area contributed by atoms with Crippen LogP contribution >= 0.6 is 35.6 Å². The third kappa shape index (κ3) is 4.15. The Kier molecular flexibility index (Phi) is 5.83. The molecular formula is C21H11ClN2O6S2. The number of rotatable bonds is 5. The van der Waals surface area contributed by atoms with E-state index >= 15 is 0 Å². The number of nitro benzene ring substituents is 1. The van der Waals surface area contributed by atoms with E-state index < -0.39 is 10.9 Å². The Bertz CT molecular complexity index is 1320. The van der Waals surface area contributed by atoms with E-state index in [0.717, 1.165) is 11.8 Å². The number of carboxylic acid groups (broad SMARTS) is 1. The summed E-state index contributed by atoms with van der Waals surface area (Å²) in [6.45, 7) is 0. The van der Waals surface area contributed by atoms with E-state index in [1.165, 1.54) is 47.4 Å². The topological polar surface area (TPSA) is 114 Å². The first-order valence-corrected chi connectivity index (χ1v) is 10.5. The molecule has 2 heterocycles. The molecule has 32 heavy (non-hydrogen) atoms. The van der Waals surface area contributed by atoms with Gasteiger partial charge >= 0.3 is 5.97 Å². The molecule has 1 aromatic heterocycles. The standard InChI is InChI=1S/C21H11ClN2O6S2/c22-16-7-1-11(9-15(16)20(26)27)17-8-6-14(30-17)10-18-19(25)23(21(31)32-18)12-2-4-13(5-3-12)24(28)29/h1-10H,(H,26,27)/b18-10-. The van der Waals surface area contributed by atoms with Gasteiger partial charge in [-0.15, -0.1) is 0 Å². The molecule has 4 rings (SSSR count). The number of anilines is 1. The maximum absolute atomic E-state index is 12.9. The van der Waals surface area contributed by atoms with Crippen LogP contribution in [0.1, 0.15) is 16.1 Å². The zero-order valence-corrected chi connectivity index (χ0v) is 18.2. The highest BCUT2D eigenvalue weighted by Gasteiger charge is 2.33. The van der Waals surface area contributed by atoms with Crippen molar-refractivity contribution < 1.29 is 24.0 Å². The Morgan fingerprint density at radius 1 is 1.19 bits per heavy atom. The Balaban J connectivity index is 1.59. The molecule has 1 N–H and O–H groups in total. The van der Waals surface area contributed by atoms with Crippen molar-refractivity contribution in [2.75, 3.05) is 4.90 Å². The van der Waals surface area contributed by atoms with Crippen molar-refractivity contribution in [3.63, 3.8) is 0 Å². The van der Waals surface area contributed by atoms with E-state index in [2.05, 4.69) is 0 Å². The highest BCUT2D eigenvalue weighted by Crippen LogP contribution is 2.37. The molecule has 0 radical (unpaired) electrons. The predicted octanol–water partition coefficient (Wildman–Crippen LogP) is 5.61. The number of thioether (sulfide) groups is 1. The van der Waals surface area contributed by atoms with Crippen LogP contribution in [0.3, 0.4) is 0 Å². The minimum atomic E-state index is -1.15. The monoisotopic (exact) mass is 486 g/mol. The van der Waals surface area contributed by atoms with Gasteiger partial charge in [-0.2, -0.15) is 0 Å². The Labute approximate surface area is 195 Å². The Hall–Kier alpha value is -3.47. The minimum absolute atomic E-state index is 0.0499. The van der Waals surface area contributed by atoms with Gasteiger partial charge in [-0.3, -0.25) is 19.8 Å². The van der Waals surface area contributed by atoms with E-state index in [0.29, 0.717) is 27.7 Å². The molecule has 0 unspecified atom stereocenters. The zero-order valence-electron chi connectivity index (χ0n) is 15.9. The van der Waals surface area contributed by atoms with Crippen LogP contribution in [0.2, 0.25) is 5.02 Å². The Morgan fingerprint density at radius 2 is 1.91 bits per heavy atom. The van der Waals surface area contributed by atoms with Crippen LogP contribution in [0.25, 0.3) is 17.4 Å². The first-order valence-electron chi connectivity index (χ1n) is 8.90. The normalized spacial score (nSPS) is 14.9. The number of aromatic carboxylic acids is 1. The van der Waals surface area contributed by atoms with Crippen LogP contribution in [-0.2, 0) is 4.79 Å². The Morgan fingerprint density at radius 3 is 2.56 bits per heavy atom. The summed E-state index contributed by atoms with van der Waals surface area (Å²) in [7, 11) is 0. The average Bonchev–Trinajstić information content (AvgIpc) is 3.32. The highest BCUT2D eigenvalue weighted by atomic mass is 35.5. The maximum atomic E-state index is 12.9. The van der Waals surface area contributed by atoms with E-state index in [4.69, 9.17) is 28.2 Å². The highest BCUT2D eigenvalue weighted by molar-refractivity contribution is 8.27. The molecule has 160 valence electrons. The molecule has 1 aliphatic rings. The molecule has 1 fully saturated rings. The number of hydrogen-bond acceptors (Lipinski definition) is 7.